The molecule has 212 valence electrons. The van der Waals surface area contributed by atoms with E-state index in [0.29, 0.717) is 6.61 Å². The van der Waals surface area contributed by atoms with Gasteiger partial charge in [-0.1, -0.05) is 37.1 Å². The van der Waals surface area contributed by atoms with Crippen LogP contribution in [0.4, 0.5) is 0 Å². The van der Waals surface area contributed by atoms with Gasteiger partial charge in [0.2, 0.25) is 0 Å². The van der Waals surface area contributed by atoms with Gasteiger partial charge in [-0.05, 0) is 88.2 Å². The average molecular weight is 560 g/mol. The number of unbranched alkanes of at least 4 members (excludes halogenated alkanes) is 1. The van der Waals surface area contributed by atoms with Crippen molar-refractivity contribution in [1.82, 2.24) is 14.9 Å². The smallest absolute Gasteiger partial charge is 0.141 e. The molecule has 1 aliphatic heterocycles. The zero-order valence-corrected chi connectivity index (χ0v) is 25.2. The number of nitrogens with one attached hydrogen (secondary N) is 1. The summed E-state index contributed by atoms with van der Waals surface area (Å²) in [4.78, 5) is 5.05. The van der Waals surface area contributed by atoms with Crippen molar-refractivity contribution in [3.05, 3.63) is 77.3 Å². The second-order valence-electron chi connectivity index (χ2n) is 12.4. The zero-order valence-electron chi connectivity index (χ0n) is 24.5. The molecule has 40 heavy (non-hydrogen) atoms. The third-order valence-electron chi connectivity index (χ3n) is 7.60. The predicted molar refractivity (Wildman–Crippen MR) is 166 cm³/mol. The molecule has 0 bridgehead atoms. The summed E-state index contributed by atoms with van der Waals surface area (Å²) in [6, 6.07) is 22.6. The molecule has 0 radical (unpaired) electrons. The summed E-state index contributed by atoms with van der Waals surface area (Å²) in [7, 11) is 0. The molecule has 6 heteroatoms. The van der Waals surface area contributed by atoms with Gasteiger partial charge in [-0.25, -0.2) is 4.98 Å². The highest BCUT2D eigenvalue weighted by atomic mass is 35.5. The van der Waals surface area contributed by atoms with Crippen molar-refractivity contribution in [2.45, 2.75) is 90.4 Å². The van der Waals surface area contributed by atoms with E-state index in [1.54, 1.807) is 0 Å². The molecule has 1 aromatic heterocycles. The van der Waals surface area contributed by atoms with Crippen molar-refractivity contribution in [3.63, 3.8) is 0 Å². The molecule has 0 atom stereocenters. The first-order valence-electron chi connectivity index (χ1n) is 14.5. The van der Waals surface area contributed by atoms with Crippen molar-refractivity contribution in [2.24, 2.45) is 0 Å². The normalized spacial score (nSPS) is 16.8. The fraction of sp³-hybridized carbons (Fsp3) is 0.441. The Hall–Kier alpha value is -3.02. The van der Waals surface area contributed by atoms with E-state index >= 15 is 0 Å². The summed E-state index contributed by atoms with van der Waals surface area (Å²) in [6.07, 6.45) is 5.16. The van der Waals surface area contributed by atoms with Crippen LogP contribution in [0.2, 0.25) is 5.02 Å². The molecule has 0 unspecified atom stereocenters. The second kappa shape index (κ2) is 11.8. The summed E-state index contributed by atoms with van der Waals surface area (Å²) in [6.45, 7) is 12.8. The third-order valence-corrected chi connectivity index (χ3v) is 7.85. The van der Waals surface area contributed by atoms with E-state index < -0.39 is 0 Å². The fourth-order valence-electron chi connectivity index (χ4n) is 6.08. The Morgan fingerprint density at radius 1 is 0.925 bits per heavy atom. The lowest BCUT2D eigenvalue weighted by Crippen LogP contribution is -2.60. The van der Waals surface area contributed by atoms with E-state index in [-0.39, 0.29) is 17.2 Å². The summed E-state index contributed by atoms with van der Waals surface area (Å²) < 4.78 is 15.0. The van der Waals surface area contributed by atoms with Crippen LogP contribution in [-0.4, -0.2) is 33.3 Å². The van der Waals surface area contributed by atoms with Gasteiger partial charge in [-0.3, -0.25) is 0 Å². The van der Waals surface area contributed by atoms with E-state index in [0.717, 1.165) is 77.6 Å². The second-order valence-corrected chi connectivity index (χ2v) is 12.8. The number of nitrogens with zero attached hydrogens (tertiary/aromatic N) is 2. The lowest BCUT2D eigenvalue weighted by atomic mass is 9.81. The maximum atomic E-state index is 6.60. The van der Waals surface area contributed by atoms with Crippen LogP contribution in [0.25, 0.3) is 22.4 Å². The summed E-state index contributed by atoms with van der Waals surface area (Å²) in [5.41, 5.74) is 4.49. The van der Waals surface area contributed by atoms with E-state index in [9.17, 15) is 0 Å². The van der Waals surface area contributed by atoms with Gasteiger partial charge in [-0.15, -0.1) is 0 Å². The van der Waals surface area contributed by atoms with E-state index in [1.165, 1.54) is 5.56 Å². The number of benzene rings is 3. The van der Waals surface area contributed by atoms with E-state index in [2.05, 4.69) is 74.8 Å². The highest BCUT2D eigenvalue weighted by Crippen LogP contribution is 2.34. The molecule has 1 fully saturated rings. The molecule has 2 heterocycles. The number of aromatic nitrogens is 2. The molecule has 5 rings (SSSR count). The Bertz CT molecular complexity index is 1410. The highest BCUT2D eigenvalue weighted by molar-refractivity contribution is 6.30. The summed E-state index contributed by atoms with van der Waals surface area (Å²) in [5, 5.41) is 4.50. The van der Waals surface area contributed by atoms with Crippen LogP contribution < -0.4 is 14.8 Å². The topological polar surface area (TPSA) is 48.3 Å². The van der Waals surface area contributed by atoms with Crippen LogP contribution in [0.3, 0.4) is 0 Å². The molecule has 1 N–H and O–H groups in total. The number of ether oxygens (including phenoxy) is 2. The molecule has 1 aliphatic rings. The monoisotopic (exact) mass is 559 g/mol. The molecule has 3 aromatic carbocycles. The minimum Gasteiger partial charge on any atom is -0.493 e. The molecule has 0 spiro atoms. The van der Waals surface area contributed by atoms with Gasteiger partial charge in [0.05, 0.1) is 17.6 Å². The van der Waals surface area contributed by atoms with Crippen LogP contribution in [-0.2, 0) is 13.0 Å². The maximum absolute atomic E-state index is 6.60. The predicted octanol–water partition coefficient (Wildman–Crippen LogP) is 8.47. The average Bonchev–Trinajstić information content (AvgIpc) is 3.25. The van der Waals surface area contributed by atoms with Gasteiger partial charge < -0.3 is 19.4 Å². The number of hydrogen-bond donors (Lipinski definition) is 1. The van der Waals surface area contributed by atoms with Crippen molar-refractivity contribution in [1.29, 1.82) is 0 Å². The van der Waals surface area contributed by atoms with Crippen molar-refractivity contribution in [3.8, 4) is 22.9 Å². The van der Waals surface area contributed by atoms with Crippen LogP contribution in [0.5, 0.6) is 11.5 Å². The SMILES string of the molecule is CCCCn1c(-c2ccc(OCCc3ccc(Cl)cc3)cc2)nc2ccc(OC3CC(C)(C)NC(C)(C)C3)cc21. The number of fused-ring (bicyclic) bond motifs is 1. The number of rotatable bonds is 10. The van der Waals surface area contributed by atoms with Crippen molar-refractivity contribution in [2.75, 3.05) is 6.61 Å². The van der Waals surface area contributed by atoms with Gasteiger partial charge in [-0.2, -0.15) is 0 Å². The Labute approximate surface area is 243 Å². The first kappa shape index (κ1) is 28.5. The minimum atomic E-state index is 0.0400. The fourth-order valence-corrected chi connectivity index (χ4v) is 6.21. The molecular weight excluding hydrogens is 518 g/mol. The number of hydrogen-bond acceptors (Lipinski definition) is 4. The zero-order chi connectivity index (χ0) is 28.3. The quantitative estimate of drug-likeness (QED) is 0.212. The largest absolute Gasteiger partial charge is 0.493 e. The Balaban J connectivity index is 1.33. The van der Waals surface area contributed by atoms with Crippen LogP contribution >= 0.6 is 11.6 Å². The van der Waals surface area contributed by atoms with Crippen molar-refractivity contribution >= 4 is 22.6 Å². The molecule has 1 saturated heterocycles. The first-order valence-corrected chi connectivity index (χ1v) is 14.9. The number of aryl methyl sites for hydroxylation is 1. The minimum absolute atomic E-state index is 0.0400. The van der Waals surface area contributed by atoms with Gasteiger partial charge in [0.1, 0.15) is 23.4 Å². The third kappa shape index (κ3) is 7.00. The standard InChI is InChI=1S/C34H42ClN3O2/c1-6-7-19-38-31-21-28(40-29-22-33(2,3)37-34(4,5)23-29)16-17-30(31)36-32(38)25-10-14-27(15-11-25)39-20-18-24-8-12-26(35)13-9-24/h8-17,21,29,37H,6-7,18-20,22-23H2,1-5H3. The van der Waals surface area contributed by atoms with Crippen LogP contribution in [0.15, 0.2) is 66.7 Å². The molecule has 5 nitrogen and oxygen atoms in total. The van der Waals surface area contributed by atoms with Gasteiger partial charge in [0.25, 0.3) is 0 Å². The van der Waals surface area contributed by atoms with Gasteiger partial charge >= 0.3 is 0 Å². The molecule has 0 saturated carbocycles. The van der Waals surface area contributed by atoms with Crippen molar-refractivity contribution < 1.29 is 9.47 Å². The van der Waals surface area contributed by atoms with E-state index in [1.807, 2.05) is 36.4 Å². The number of halogens is 1. The van der Waals surface area contributed by atoms with Crippen LogP contribution in [0.1, 0.15) is 65.9 Å². The summed E-state index contributed by atoms with van der Waals surface area (Å²) in [5.74, 6) is 2.76. The Morgan fingerprint density at radius 2 is 1.60 bits per heavy atom. The van der Waals surface area contributed by atoms with E-state index in [4.69, 9.17) is 26.1 Å². The first-order chi connectivity index (χ1) is 19.1. The molecule has 4 aromatic rings. The summed E-state index contributed by atoms with van der Waals surface area (Å²) >= 11 is 5.99. The number of piperidine rings is 1. The number of imidazole rings is 1. The Kier molecular flexibility index (Phi) is 8.44. The lowest BCUT2D eigenvalue weighted by molar-refractivity contribution is 0.0560. The Morgan fingerprint density at radius 3 is 2.27 bits per heavy atom. The van der Waals surface area contributed by atoms with Gasteiger partial charge in [0.15, 0.2) is 0 Å². The molecule has 0 aliphatic carbocycles. The molecular formula is C34H42ClN3O2. The van der Waals surface area contributed by atoms with Crippen LogP contribution in [0, 0.1) is 0 Å². The lowest BCUT2D eigenvalue weighted by Gasteiger charge is -2.46. The maximum Gasteiger partial charge on any atom is 0.141 e. The van der Waals surface area contributed by atoms with Gasteiger partial charge in [0, 0.05) is 53.5 Å². The highest BCUT2D eigenvalue weighted by Gasteiger charge is 2.38. The molecule has 0 amide bonds.